The topological polar surface area (TPSA) is 86.1 Å². The van der Waals surface area contributed by atoms with Gasteiger partial charge in [-0.05, 0) is 6.08 Å². The summed E-state index contributed by atoms with van der Waals surface area (Å²) in [6, 6.07) is 0. The fraction of sp³-hybridized carbons (Fsp3) is 0.545. The molecule has 0 radical (unpaired) electrons. The summed E-state index contributed by atoms with van der Waals surface area (Å²) in [5.74, 6) is 0. The van der Waals surface area contributed by atoms with Gasteiger partial charge in [-0.2, -0.15) is 0 Å². The Labute approximate surface area is 119 Å². The van der Waals surface area contributed by atoms with E-state index < -0.39 is 24.5 Å². The van der Waals surface area contributed by atoms with Crippen molar-refractivity contribution in [3.05, 3.63) is 22.3 Å². The molecule has 2 aliphatic heterocycles. The van der Waals surface area contributed by atoms with Crippen molar-refractivity contribution in [2.24, 2.45) is 0 Å². The lowest BCUT2D eigenvalue weighted by molar-refractivity contribution is -0.0833. The molecular weight excluding hydrogens is 288 g/mol. The summed E-state index contributed by atoms with van der Waals surface area (Å²) in [5, 5.41) is 28.6. The second-order valence-corrected chi connectivity index (χ2v) is 5.84. The van der Waals surface area contributed by atoms with Crippen molar-refractivity contribution in [3.63, 3.8) is 0 Å². The Morgan fingerprint density at radius 2 is 2.21 bits per heavy atom. The van der Waals surface area contributed by atoms with Crippen molar-refractivity contribution in [3.8, 4) is 0 Å². The van der Waals surface area contributed by atoms with Crippen LogP contribution in [0.1, 0.15) is 15.9 Å². The maximum Gasteiger partial charge on any atom is 0.160 e. The van der Waals surface area contributed by atoms with Crippen LogP contribution >= 0.6 is 24.0 Å². The monoisotopic (exact) mass is 302 g/mol. The Morgan fingerprint density at radius 1 is 1.42 bits per heavy atom. The Bertz CT molecular complexity index is 495. The lowest BCUT2D eigenvalue weighted by atomic mass is 10.1. The molecule has 19 heavy (non-hydrogen) atoms. The van der Waals surface area contributed by atoms with Crippen molar-refractivity contribution in [1.29, 1.82) is 0 Å². The number of hydrogen-bond acceptors (Lipinski definition) is 8. The number of aliphatic hydroxyl groups excluding tert-OH is 3. The Hall–Kier alpha value is -0.640. The Morgan fingerprint density at radius 3 is 2.89 bits per heavy atom. The van der Waals surface area contributed by atoms with Gasteiger partial charge < -0.3 is 25.0 Å². The highest BCUT2D eigenvalue weighted by molar-refractivity contribution is 7.80. The van der Waals surface area contributed by atoms with Crippen LogP contribution in [0.4, 0.5) is 0 Å². The molecule has 3 N–H and O–H groups in total. The summed E-state index contributed by atoms with van der Waals surface area (Å²) in [7, 11) is 0. The molecule has 0 amide bonds. The molecule has 3 heterocycles. The quantitative estimate of drug-likeness (QED) is 0.566. The molecule has 1 fully saturated rings. The number of aliphatic hydroxyl groups is 3. The van der Waals surface area contributed by atoms with Crippen LogP contribution in [0.3, 0.4) is 0 Å². The highest BCUT2D eigenvalue weighted by Gasteiger charge is 2.46. The predicted octanol–water partition coefficient (Wildman–Crippen LogP) is -0.203. The lowest BCUT2D eigenvalue weighted by Crippen LogP contribution is -2.42. The van der Waals surface area contributed by atoms with Crippen LogP contribution in [0.25, 0.3) is 6.08 Å². The van der Waals surface area contributed by atoms with E-state index in [0.29, 0.717) is 0 Å². The van der Waals surface area contributed by atoms with Gasteiger partial charge in [0.2, 0.25) is 0 Å². The fourth-order valence-corrected chi connectivity index (χ4v) is 3.59. The van der Waals surface area contributed by atoms with E-state index in [0.717, 1.165) is 10.6 Å². The van der Waals surface area contributed by atoms with Gasteiger partial charge in [-0.25, -0.2) is 4.98 Å². The third-order valence-electron chi connectivity index (χ3n) is 3.36. The van der Waals surface area contributed by atoms with Gasteiger partial charge >= 0.3 is 0 Å². The summed E-state index contributed by atoms with van der Waals surface area (Å²) >= 11 is 5.99. The first-order valence-electron chi connectivity index (χ1n) is 5.83. The second kappa shape index (κ2) is 5.04. The van der Waals surface area contributed by atoms with Crippen LogP contribution in [0.2, 0.25) is 0 Å². The van der Waals surface area contributed by atoms with E-state index in [-0.39, 0.29) is 12.0 Å². The lowest BCUT2D eigenvalue weighted by Gasteiger charge is -2.35. The number of hydrogen-bond donors (Lipinski definition) is 4. The summed E-state index contributed by atoms with van der Waals surface area (Å²) in [6.45, 7) is -0.338. The number of ether oxygens (including phenoxy) is 1. The molecule has 0 bridgehead atoms. The standard InChI is InChI=1S/C11H14N2O4S2/c14-3-6-7(15)8(16)10(17-6)13-2-1-5-9(11(13)18)19-4-12-5/h1-2,4,6-8,10-11,14-16,18H,3H2/t6-,7?,8?,10-,11?/m1/s1. The number of aromatic nitrogens is 1. The van der Waals surface area contributed by atoms with E-state index in [1.165, 1.54) is 11.3 Å². The van der Waals surface area contributed by atoms with Crippen LogP contribution in [0.15, 0.2) is 11.7 Å². The molecule has 2 aliphatic rings. The molecule has 8 heteroatoms. The third kappa shape index (κ3) is 2.08. The van der Waals surface area contributed by atoms with E-state index in [1.54, 1.807) is 16.6 Å². The van der Waals surface area contributed by atoms with Crippen LogP contribution in [0.5, 0.6) is 0 Å². The summed E-state index contributed by atoms with van der Waals surface area (Å²) in [5.41, 5.74) is 2.59. The predicted molar refractivity (Wildman–Crippen MR) is 72.5 cm³/mol. The molecule has 6 nitrogen and oxygen atoms in total. The van der Waals surface area contributed by atoms with Crippen molar-refractivity contribution < 1.29 is 20.1 Å². The van der Waals surface area contributed by atoms with Gasteiger partial charge in [0.1, 0.15) is 23.7 Å². The van der Waals surface area contributed by atoms with E-state index in [4.69, 9.17) is 9.84 Å². The van der Waals surface area contributed by atoms with E-state index in [9.17, 15) is 10.2 Å². The molecule has 1 aromatic rings. The van der Waals surface area contributed by atoms with Gasteiger partial charge in [0.25, 0.3) is 0 Å². The van der Waals surface area contributed by atoms with Crippen molar-refractivity contribution in [2.45, 2.75) is 29.9 Å². The Balaban J connectivity index is 1.84. The maximum absolute atomic E-state index is 10.0. The van der Waals surface area contributed by atoms with Crippen LogP contribution in [-0.2, 0) is 4.74 Å². The average molecular weight is 302 g/mol. The highest BCUT2D eigenvalue weighted by Crippen LogP contribution is 2.39. The Kier molecular flexibility index (Phi) is 3.54. The minimum absolute atomic E-state index is 0.295. The fourth-order valence-electron chi connectivity index (χ4n) is 2.31. The number of nitrogens with zero attached hydrogens (tertiary/aromatic N) is 2. The van der Waals surface area contributed by atoms with Crippen LogP contribution in [0, 0.1) is 0 Å². The normalized spacial score (nSPS) is 37.7. The van der Waals surface area contributed by atoms with Gasteiger partial charge in [-0.1, -0.05) is 0 Å². The third-order valence-corrected chi connectivity index (χ3v) is 4.95. The number of thiazole rings is 1. The van der Waals surface area contributed by atoms with Gasteiger partial charge in [0.05, 0.1) is 22.7 Å². The summed E-state index contributed by atoms with van der Waals surface area (Å²) in [4.78, 5) is 6.87. The minimum Gasteiger partial charge on any atom is -0.394 e. The molecule has 0 aliphatic carbocycles. The first kappa shape index (κ1) is 13.3. The zero-order chi connectivity index (χ0) is 13.6. The number of thiol groups is 1. The molecule has 5 atom stereocenters. The molecular formula is C11H14N2O4S2. The zero-order valence-corrected chi connectivity index (χ0v) is 11.5. The number of fused-ring (bicyclic) bond motifs is 1. The largest absolute Gasteiger partial charge is 0.394 e. The van der Waals surface area contributed by atoms with Gasteiger partial charge in [-0.3, -0.25) is 0 Å². The van der Waals surface area contributed by atoms with Crippen molar-refractivity contribution in [1.82, 2.24) is 9.88 Å². The van der Waals surface area contributed by atoms with Crippen LogP contribution in [-0.4, -0.2) is 56.4 Å². The van der Waals surface area contributed by atoms with Gasteiger partial charge in [0, 0.05) is 6.20 Å². The first-order valence-corrected chi connectivity index (χ1v) is 7.22. The highest BCUT2D eigenvalue weighted by atomic mass is 32.1. The second-order valence-electron chi connectivity index (χ2n) is 4.47. The van der Waals surface area contributed by atoms with Crippen molar-refractivity contribution in [2.75, 3.05) is 6.61 Å². The van der Waals surface area contributed by atoms with E-state index in [1.807, 2.05) is 6.08 Å². The van der Waals surface area contributed by atoms with Crippen LogP contribution < -0.4 is 0 Å². The van der Waals surface area contributed by atoms with E-state index >= 15 is 0 Å². The first-order chi connectivity index (χ1) is 9.13. The zero-order valence-electron chi connectivity index (χ0n) is 9.83. The van der Waals surface area contributed by atoms with Crippen molar-refractivity contribution >= 4 is 30.0 Å². The smallest absolute Gasteiger partial charge is 0.160 e. The summed E-state index contributed by atoms with van der Waals surface area (Å²) in [6.07, 6.45) is -0.163. The van der Waals surface area contributed by atoms with Gasteiger partial charge in [0.15, 0.2) is 6.23 Å². The molecule has 0 spiro atoms. The molecule has 0 saturated carbocycles. The minimum atomic E-state index is -1.10. The number of rotatable bonds is 2. The molecule has 104 valence electrons. The maximum atomic E-state index is 10.0. The molecule has 1 aromatic heterocycles. The SMILES string of the molecule is OC[C@H]1O[C@@H](N2C=Cc3ncsc3C2S)C(O)C1O. The molecule has 0 aromatic carbocycles. The summed E-state index contributed by atoms with van der Waals surface area (Å²) < 4.78 is 5.50. The molecule has 1 saturated heterocycles. The average Bonchev–Trinajstić information content (AvgIpc) is 2.98. The molecule has 3 rings (SSSR count). The van der Waals surface area contributed by atoms with E-state index in [2.05, 4.69) is 17.6 Å². The van der Waals surface area contributed by atoms with Gasteiger partial charge in [-0.15, -0.1) is 24.0 Å². The molecule has 3 unspecified atom stereocenters.